The van der Waals surface area contributed by atoms with Crippen molar-refractivity contribution in [2.45, 2.75) is 19.5 Å². The molecule has 0 saturated heterocycles. The minimum Gasteiger partial charge on any atom is -0.306 e. The van der Waals surface area contributed by atoms with Crippen LogP contribution in [0.3, 0.4) is 0 Å². The van der Waals surface area contributed by atoms with Crippen molar-refractivity contribution < 1.29 is 0 Å². The molecule has 1 aliphatic heterocycles. The molecule has 0 spiro atoms. The van der Waals surface area contributed by atoms with E-state index in [1.807, 2.05) is 48.7 Å². The SMILES string of the molecule is O=c1[nH]c(-c2ccc(Cl)cc2)nc2c1CN(Cc1cn(-c3ccccc3)nn1)CC2. The smallest absolute Gasteiger partial charge is 0.255 e. The second-order valence-corrected chi connectivity index (χ2v) is 7.73. The maximum absolute atomic E-state index is 12.7. The van der Waals surface area contributed by atoms with Crippen LogP contribution in [0, 0.1) is 0 Å². The van der Waals surface area contributed by atoms with E-state index in [-0.39, 0.29) is 5.56 Å². The second-order valence-electron chi connectivity index (χ2n) is 7.30. The van der Waals surface area contributed by atoms with E-state index in [0.717, 1.165) is 34.7 Å². The molecule has 30 heavy (non-hydrogen) atoms. The van der Waals surface area contributed by atoms with Crippen LogP contribution < -0.4 is 5.56 Å². The number of para-hydroxylation sites is 1. The molecule has 4 aromatic rings. The fraction of sp³-hybridized carbons (Fsp3) is 0.182. The zero-order valence-electron chi connectivity index (χ0n) is 16.1. The maximum atomic E-state index is 12.7. The predicted octanol–water partition coefficient (Wildman–Crippen LogP) is 3.23. The quantitative estimate of drug-likeness (QED) is 0.550. The Kier molecular flexibility index (Phi) is 4.90. The molecule has 5 rings (SSSR count). The second kappa shape index (κ2) is 7.85. The lowest BCUT2D eigenvalue weighted by Gasteiger charge is -2.26. The molecule has 3 heterocycles. The monoisotopic (exact) mass is 418 g/mol. The minimum atomic E-state index is -0.0948. The number of H-pyrrole nitrogens is 1. The summed E-state index contributed by atoms with van der Waals surface area (Å²) < 4.78 is 1.76. The number of fused-ring (bicyclic) bond motifs is 1. The van der Waals surface area contributed by atoms with E-state index in [0.29, 0.717) is 30.4 Å². The number of rotatable bonds is 4. The lowest BCUT2D eigenvalue weighted by atomic mass is 10.1. The summed E-state index contributed by atoms with van der Waals surface area (Å²) in [7, 11) is 0. The highest BCUT2D eigenvalue weighted by Gasteiger charge is 2.22. The molecule has 0 bridgehead atoms. The van der Waals surface area contributed by atoms with Crippen molar-refractivity contribution in [3.63, 3.8) is 0 Å². The molecule has 0 aliphatic carbocycles. The van der Waals surface area contributed by atoms with Crippen LogP contribution >= 0.6 is 11.6 Å². The van der Waals surface area contributed by atoms with E-state index >= 15 is 0 Å². The number of hydrogen-bond acceptors (Lipinski definition) is 5. The molecular weight excluding hydrogens is 400 g/mol. The maximum Gasteiger partial charge on any atom is 0.255 e. The van der Waals surface area contributed by atoms with Gasteiger partial charge in [0.2, 0.25) is 0 Å². The van der Waals surface area contributed by atoms with Crippen LogP contribution in [0.15, 0.2) is 65.6 Å². The zero-order chi connectivity index (χ0) is 20.5. The molecule has 0 unspecified atom stereocenters. The molecule has 0 atom stereocenters. The Labute approximate surface area is 178 Å². The van der Waals surface area contributed by atoms with Crippen molar-refractivity contribution in [1.29, 1.82) is 0 Å². The van der Waals surface area contributed by atoms with Gasteiger partial charge < -0.3 is 4.98 Å². The normalized spacial score (nSPS) is 13.9. The first-order valence-corrected chi connectivity index (χ1v) is 10.1. The number of halogens is 1. The summed E-state index contributed by atoms with van der Waals surface area (Å²) in [5.41, 5.74) is 4.16. The van der Waals surface area contributed by atoms with Crippen LogP contribution in [0.5, 0.6) is 0 Å². The molecular formula is C22H19ClN6O. The van der Waals surface area contributed by atoms with Crippen LogP contribution in [0.25, 0.3) is 17.1 Å². The summed E-state index contributed by atoms with van der Waals surface area (Å²) in [5.74, 6) is 0.578. The predicted molar refractivity (Wildman–Crippen MR) is 114 cm³/mol. The molecule has 1 N–H and O–H groups in total. The van der Waals surface area contributed by atoms with Gasteiger partial charge in [0.15, 0.2) is 0 Å². The number of hydrogen-bond donors (Lipinski definition) is 1. The van der Waals surface area contributed by atoms with Crippen LogP contribution in [0.4, 0.5) is 0 Å². The lowest BCUT2D eigenvalue weighted by Crippen LogP contribution is -2.35. The molecule has 0 radical (unpaired) electrons. The van der Waals surface area contributed by atoms with Crippen molar-refractivity contribution in [1.82, 2.24) is 29.9 Å². The van der Waals surface area contributed by atoms with Crippen LogP contribution in [-0.2, 0) is 19.5 Å². The van der Waals surface area contributed by atoms with E-state index in [2.05, 4.69) is 20.2 Å². The summed E-state index contributed by atoms with van der Waals surface area (Å²) in [6.45, 7) is 1.98. The molecule has 150 valence electrons. The molecule has 2 aromatic heterocycles. The third-order valence-corrected chi connectivity index (χ3v) is 5.46. The van der Waals surface area contributed by atoms with Gasteiger partial charge in [0, 0.05) is 36.6 Å². The average molecular weight is 419 g/mol. The molecule has 1 aliphatic rings. The molecule has 8 heteroatoms. The Bertz CT molecular complexity index is 1230. The van der Waals surface area contributed by atoms with Crippen molar-refractivity contribution >= 4 is 11.6 Å². The van der Waals surface area contributed by atoms with E-state index < -0.39 is 0 Å². The standard InChI is InChI=1S/C22H19ClN6O/c23-16-8-6-15(7-9-16)21-24-20-10-11-28(14-19(20)22(30)25-21)12-17-13-29(27-26-17)18-4-2-1-3-5-18/h1-9,13H,10-12,14H2,(H,24,25,30). The number of aromatic amines is 1. The Morgan fingerprint density at radius 1 is 1.07 bits per heavy atom. The summed E-state index contributed by atoms with van der Waals surface area (Å²) in [4.78, 5) is 22.5. The summed E-state index contributed by atoms with van der Waals surface area (Å²) in [6.07, 6.45) is 2.64. The summed E-state index contributed by atoms with van der Waals surface area (Å²) >= 11 is 5.96. The first-order chi connectivity index (χ1) is 14.7. The van der Waals surface area contributed by atoms with Gasteiger partial charge in [0.25, 0.3) is 5.56 Å². The summed E-state index contributed by atoms with van der Waals surface area (Å²) in [5, 5.41) is 9.15. The van der Waals surface area contributed by atoms with Gasteiger partial charge in [-0.3, -0.25) is 9.69 Å². The van der Waals surface area contributed by atoms with Crippen LogP contribution in [-0.4, -0.2) is 36.4 Å². The Morgan fingerprint density at radius 2 is 1.87 bits per heavy atom. The summed E-state index contributed by atoms with van der Waals surface area (Å²) in [6, 6.07) is 17.2. The molecule has 0 saturated carbocycles. The first-order valence-electron chi connectivity index (χ1n) is 9.73. The van der Waals surface area contributed by atoms with Gasteiger partial charge in [0.1, 0.15) is 5.82 Å². The molecule has 0 amide bonds. The fourth-order valence-electron chi connectivity index (χ4n) is 3.67. The number of aromatic nitrogens is 5. The van der Waals surface area contributed by atoms with Crippen molar-refractivity contribution in [3.8, 4) is 17.1 Å². The molecule has 0 fully saturated rings. The van der Waals surface area contributed by atoms with E-state index in [1.165, 1.54) is 0 Å². The molecule has 7 nitrogen and oxygen atoms in total. The van der Waals surface area contributed by atoms with Gasteiger partial charge in [-0.15, -0.1) is 5.10 Å². The van der Waals surface area contributed by atoms with Gasteiger partial charge in [-0.1, -0.05) is 35.0 Å². The van der Waals surface area contributed by atoms with Crippen LogP contribution in [0.1, 0.15) is 17.0 Å². The Morgan fingerprint density at radius 3 is 2.67 bits per heavy atom. The Hall–Kier alpha value is -3.29. The van der Waals surface area contributed by atoms with Crippen LogP contribution in [0.2, 0.25) is 5.02 Å². The minimum absolute atomic E-state index is 0.0948. The van der Waals surface area contributed by atoms with Gasteiger partial charge in [-0.05, 0) is 36.4 Å². The fourth-order valence-corrected chi connectivity index (χ4v) is 3.79. The highest BCUT2D eigenvalue weighted by atomic mass is 35.5. The third kappa shape index (κ3) is 3.77. The highest BCUT2D eigenvalue weighted by molar-refractivity contribution is 6.30. The zero-order valence-corrected chi connectivity index (χ0v) is 16.9. The van der Waals surface area contributed by atoms with Crippen molar-refractivity contribution in [2.75, 3.05) is 6.54 Å². The number of nitrogens with zero attached hydrogens (tertiary/aromatic N) is 5. The average Bonchev–Trinajstić information content (AvgIpc) is 3.24. The third-order valence-electron chi connectivity index (χ3n) is 5.21. The topological polar surface area (TPSA) is 79.7 Å². The van der Waals surface area contributed by atoms with Gasteiger partial charge in [-0.2, -0.15) is 0 Å². The highest BCUT2D eigenvalue weighted by Crippen LogP contribution is 2.21. The molecule has 2 aromatic carbocycles. The number of nitrogens with one attached hydrogen (secondary N) is 1. The van der Waals surface area contributed by atoms with E-state index in [4.69, 9.17) is 16.6 Å². The Balaban J connectivity index is 1.34. The van der Waals surface area contributed by atoms with Gasteiger partial charge in [-0.25, -0.2) is 9.67 Å². The van der Waals surface area contributed by atoms with Crippen molar-refractivity contribution in [2.24, 2.45) is 0 Å². The lowest BCUT2D eigenvalue weighted by molar-refractivity contribution is 0.239. The van der Waals surface area contributed by atoms with E-state index in [1.54, 1.807) is 16.8 Å². The van der Waals surface area contributed by atoms with E-state index in [9.17, 15) is 4.79 Å². The van der Waals surface area contributed by atoms with Crippen molar-refractivity contribution in [3.05, 3.63) is 93.1 Å². The first kappa shape index (κ1) is 18.7. The van der Waals surface area contributed by atoms with Gasteiger partial charge >= 0.3 is 0 Å². The van der Waals surface area contributed by atoms with Gasteiger partial charge in [0.05, 0.1) is 28.8 Å². The largest absolute Gasteiger partial charge is 0.306 e. The number of benzene rings is 2.